The maximum atomic E-state index is 12.4. The predicted octanol–water partition coefficient (Wildman–Crippen LogP) is 2.90. The minimum atomic E-state index is 0. The zero-order chi connectivity index (χ0) is 22.8. The number of morpholine rings is 1. The fraction of sp³-hybridized carbons (Fsp3) is 0.500. The molecule has 0 radical (unpaired) electrons. The first kappa shape index (κ1) is 27.1. The number of nitrogens with one attached hydrogen (secondary N) is 2. The number of guanidine groups is 1. The smallest absolute Gasteiger partial charge is 0.225 e. The summed E-state index contributed by atoms with van der Waals surface area (Å²) in [4.78, 5) is 21.6. The first-order chi connectivity index (χ1) is 15.5. The van der Waals surface area contributed by atoms with Crippen molar-refractivity contribution in [3.05, 3.63) is 53.9 Å². The van der Waals surface area contributed by atoms with Gasteiger partial charge in [-0.25, -0.2) is 4.99 Å². The van der Waals surface area contributed by atoms with E-state index in [4.69, 9.17) is 9.73 Å². The minimum Gasteiger partial charge on any atom is -0.379 e. The van der Waals surface area contributed by atoms with Crippen LogP contribution in [-0.4, -0.2) is 72.7 Å². The molecular weight excluding hydrogens is 531 g/mol. The Hall–Kier alpha value is -2.11. The third-order valence-electron chi connectivity index (χ3n) is 5.53. The molecule has 9 heteroatoms. The number of aryl methyl sites for hydroxylation is 1. The van der Waals surface area contributed by atoms with Crippen molar-refractivity contribution in [2.24, 2.45) is 12.0 Å². The highest BCUT2D eigenvalue weighted by molar-refractivity contribution is 14.0. The van der Waals surface area contributed by atoms with E-state index in [1.165, 1.54) is 5.69 Å². The lowest BCUT2D eigenvalue weighted by Gasteiger charge is -2.26. The van der Waals surface area contributed by atoms with Gasteiger partial charge in [-0.05, 0) is 36.8 Å². The predicted molar refractivity (Wildman–Crippen MR) is 144 cm³/mol. The SMILES string of the molecule is CCNC(=NCc1cccc(NC(=O)CCN2CCOCC2)c1)N(C)Cc1cccn1C.I. The second-order valence-corrected chi connectivity index (χ2v) is 8.09. The second-order valence-electron chi connectivity index (χ2n) is 8.09. The van der Waals surface area contributed by atoms with Crippen molar-refractivity contribution < 1.29 is 9.53 Å². The van der Waals surface area contributed by atoms with E-state index < -0.39 is 0 Å². The summed E-state index contributed by atoms with van der Waals surface area (Å²) in [6.07, 6.45) is 2.53. The number of amides is 1. The number of carbonyl (C=O) groups is 1. The molecule has 182 valence electrons. The molecular formula is C24H37IN6O2. The van der Waals surface area contributed by atoms with Crippen LogP contribution in [0.2, 0.25) is 0 Å². The van der Waals surface area contributed by atoms with Gasteiger partial charge < -0.3 is 24.8 Å². The van der Waals surface area contributed by atoms with Gasteiger partial charge in [-0.3, -0.25) is 9.69 Å². The number of rotatable bonds is 9. The van der Waals surface area contributed by atoms with Gasteiger partial charge in [0.15, 0.2) is 5.96 Å². The van der Waals surface area contributed by atoms with E-state index in [-0.39, 0.29) is 29.9 Å². The molecule has 1 saturated heterocycles. The molecule has 1 amide bonds. The van der Waals surface area contributed by atoms with Crippen LogP contribution in [0.1, 0.15) is 24.6 Å². The van der Waals surface area contributed by atoms with Crippen LogP contribution < -0.4 is 10.6 Å². The standard InChI is InChI=1S/C24H36N6O2.HI/c1-4-25-24(29(3)19-22-9-6-11-28(22)2)26-18-20-7-5-8-21(17-20)27-23(31)10-12-30-13-15-32-16-14-30;/h5-9,11,17H,4,10,12-16,18-19H2,1-3H3,(H,25,26)(H,27,31);1H. The number of aliphatic imine (C=N–C) groups is 1. The summed E-state index contributed by atoms with van der Waals surface area (Å²) in [6.45, 7) is 8.23. The van der Waals surface area contributed by atoms with Crippen LogP contribution >= 0.6 is 24.0 Å². The van der Waals surface area contributed by atoms with Gasteiger partial charge in [0.25, 0.3) is 0 Å². The first-order valence-electron chi connectivity index (χ1n) is 11.3. The highest BCUT2D eigenvalue weighted by Gasteiger charge is 2.12. The van der Waals surface area contributed by atoms with Crippen LogP contribution in [-0.2, 0) is 29.7 Å². The van der Waals surface area contributed by atoms with Crippen LogP contribution in [0, 0.1) is 0 Å². The molecule has 2 N–H and O–H groups in total. The highest BCUT2D eigenvalue weighted by Crippen LogP contribution is 2.13. The van der Waals surface area contributed by atoms with Gasteiger partial charge in [0.05, 0.1) is 26.3 Å². The van der Waals surface area contributed by atoms with E-state index in [1.54, 1.807) is 0 Å². The summed E-state index contributed by atoms with van der Waals surface area (Å²) < 4.78 is 7.47. The molecule has 2 heterocycles. The number of hydrogen-bond donors (Lipinski definition) is 2. The molecule has 1 aromatic heterocycles. The van der Waals surface area contributed by atoms with Crippen LogP contribution in [0.25, 0.3) is 0 Å². The summed E-state index contributed by atoms with van der Waals surface area (Å²) in [7, 11) is 4.09. The number of halogens is 1. The van der Waals surface area contributed by atoms with Crippen LogP contribution in [0.4, 0.5) is 5.69 Å². The van der Waals surface area contributed by atoms with Gasteiger partial charge >= 0.3 is 0 Å². The molecule has 1 aliphatic heterocycles. The van der Waals surface area contributed by atoms with E-state index in [0.717, 1.165) is 63.1 Å². The number of carbonyl (C=O) groups excluding carboxylic acids is 1. The van der Waals surface area contributed by atoms with E-state index in [1.807, 2.05) is 50.6 Å². The lowest BCUT2D eigenvalue weighted by Crippen LogP contribution is -2.38. The number of aromatic nitrogens is 1. The quantitative estimate of drug-likeness (QED) is 0.277. The summed E-state index contributed by atoms with van der Waals surface area (Å²) in [5.74, 6) is 0.890. The minimum absolute atomic E-state index is 0. The molecule has 0 unspecified atom stereocenters. The molecule has 33 heavy (non-hydrogen) atoms. The van der Waals surface area contributed by atoms with E-state index >= 15 is 0 Å². The molecule has 0 bridgehead atoms. The lowest BCUT2D eigenvalue weighted by molar-refractivity contribution is -0.116. The maximum absolute atomic E-state index is 12.4. The Morgan fingerprint density at radius 1 is 1.21 bits per heavy atom. The van der Waals surface area contributed by atoms with Crippen molar-refractivity contribution in [1.29, 1.82) is 0 Å². The summed E-state index contributed by atoms with van der Waals surface area (Å²) >= 11 is 0. The van der Waals surface area contributed by atoms with Gasteiger partial charge in [0.1, 0.15) is 0 Å². The Balaban J connectivity index is 0.00000385. The topological polar surface area (TPSA) is 74.1 Å². The average Bonchev–Trinajstić information content (AvgIpc) is 3.20. The molecule has 0 aliphatic carbocycles. The van der Waals surface area contributed by atoms with Crippen LogP contribution in [0.15, 0.2) is 47.6 Å². The Morgan fingerprint density at radius 2 is 2.00 bits per heavy atom. The lowest BCUT2D eigenvalue weighted by atomic mass is 10.2. The van der Waals surface area contributed by atoms with Crippen molar-refractivity contribution in [1.82, 2.24) is 19.7 Å². The van der Waals surface area contributed by atoms with Gasteiger partial charge in [0.2, 0.25) is 5.91 Å². The van der Waals surface area contributed by atoms with Crippen LogP contribution in [0.3, 0.4) is 0 Å². The second kappa shape index (κ2) is 14.2. The van der Waals surface area contributed by atoms with Crippen molar-refractivity contribution >= 4 is 41.5 Å². The fourth-order valence-corrected chi connectivity index (χ4v) is 3.67. The molecule has 1 aromatic carbocycles. The molecule has 8 nitrogen and oxygen atoms in total. The summed E-state index contributed by atoms with van der Waals surface area (Å²) in [6, 6.07) is 12.1. The highest BCUT2D eigenvalue weighted by atomic mass is 127. The number of ether oxygens (including phenoxy) is 1. The zero-order valence-electron chi connectivity index (χ0n) is 19.9. The molecule has 0 spiro atoms. The van der Waals surface area contributed by atoms with E-state index in [9.17, 15) is 4.79 Å². The molecule has 1 aliphatic rings. The van der Waals surface area contributed by atoms with Gasteiger partial charge in [-0.1, -0.05) is 12.1 Å². The normalized spacial score (nSPS) is 14.5. The average molecular weight is 569 g/mol. The van der Waals surface area contributed by atoms with E-state index in [2.05, 4.69) is 38.0 Å². The Kier molecular flexibility index (Phi) is 11.7. The Morgan fingerprint density at radius 3 is 2.70 bits per heavy atom. The maximum Gasteiger partial charge on any atom is 0.225 e. The van der Waals surface area contributed by atoms with Gasteiger partial charge in [-0.2, -0.15) is 0 Å². The molecule has 1 fully saturated rings. The van der Waals surface area contributed by atoms with Crippen molar-refractivity contribution in [3.8, 4) is 0 Å². The zero-order valence-corrected chi connectivity index (χ0v) is 22.2. The summed E-state index contributed by atoms with van der Waals surface area (Å²) in [5.41, 5.74) is 3.09. The monoisotopic (exact) mass is 568 g/mol. The Bertz CT molecular complexity index is 895. The first-order valence-corrected chi connectivity index (χ1v) is 11.3. The molecule has 3 rings (SSSR count). The Labute approximate surface area is 214 Å². The number of anilines is 1. The number of benzene rings is 1. The van der Waals surface area contributed by atoms with Gasteiger partial charge in [-0.15, -0.1) is 24.0 Å². The van der Waals surface area contributed by atoms with Crippen molar-refractivity contribution in [3.63, 3.8) is 0 Å². The van der Waals surface area contributed by atoms with Gasteiger partial charge in [0, 0.05) is 64.3 Å². The number of hydrogen-bond acceptors (Lipinski definition) is 4. The molecule has 0 saturated carbocycles. The summed E-state index contributed by atoms with van der Waals surface area (Å²) in [5, 5.41) is 6.38. The van der Waals surface area contributed by atoms with Crippen molar-refractivity contribution in [2.75, 3.05) is 51.8 Å². The third kappa shape index (κ3) is 8.98. The fourth-order valence-electron chi connectivity index (χ4n) is 3.67. The molecule has 2 aromatic rings. The van der Waals surface area contributed by atoms with E-state index in [0.29, 0.717) is 13.0 Å². The number of nitrogens with zero attached hydrogens (tertiary/aromatic N) is 4. The van der Waals surface area contributed by atoms with Crippen LogP contribution in [0.5, 0.6) is 0 Å². The largest absolute Gasteiger partial charge is 0.379 e. The van der Waals surface area contributed by atoms with Crippen molar-refractivity contribution in [2.45, 2.75) is 26.4 Å². The molecule has 0 atom stereocenters. The third-order valence-corrected chi connectivity index (χ3v) is 5.53.